The van der Waals surface area contributed by atoms with Crippen molar-refractivity contribution < 1.29 is 4.79 Å². The number of halogens is 2. The van der Waals surface area contributed by atoms with Crippen LogP contribution in [0.4, 0.5) is 0 Å². The fourth-order valence-corrected chi connectivity index (χ4v) is 2.86. The van der Waals surface area contributed by atoms with Gasteiger partial charge in [-0.05, 0) is 43.0 Å². The van der Waals surface area contributed by atoms with Gasteiger partial charge in [-0.3, -0.25) is 9.69 Å². The summed E-state index contributed by atoms with van der Waals surface area (Å²) in [4.78, 5) is 14.5. The topological polar surface area (TPSA) is 58.4 Å². The first-order valence-corrected chi connectivity index (χ1v) is 8.43. The molecule has 0 radical (unpaired) electrons. The van der Waals surface area contributed by atoms with E-state index < -0.39 is 6.04 Å². The number of hydrogen-bond acceptors (Lipinski definition) is 3. The number of rotatable bonds is 7. The summed E-state index contributed by atoms with van der Waals surface area (Å²) in [6.07, 6.45) is 3.53. The predicted octanol–water partition coefficient (Wildman–Crippen LogP) is 3.12. The van der Waals surface area contributed by atoms with Gasteiger partial charge in [-0.2, -0.15) is 0 Å². The zero-order valence-electron chi connectivity index (χ0n) is 14.7. The van der Waals surface area contributed by atoms with Crippen LogP contribution in [0, 0.1) is 5.92 Å². The number of carbonyl (C=O) groups excluding carboxylic acids is 1. The second-order valence-corrected chi connectivity index (χ2v) is 6.43. The van der Waals surface area contributed by atoms with E-state index >= 15 is 0 Å². The fourth-order valence-electron chi connectivity index (χ4n) is 2.86. The molecule has 1 saturated heterocycles. The van der Waals surface area contributed by atoms with Gasteiger partial charge < -0.3 is 11.1 Å². The lowest BCUT2D eigenvalue weighted by Gasteiger charge is -2.18. The lowest BCUT2D eigenvalue weighted by molar-refractivity contribution is -0.123. The molecule has 6 heteroatoms. The van der Waals surface area contributed by atoms with Crippen molar-refractivity contribution in [1.82, 2.24) is 10.2 Å². The van der Waals surface area contributed by atoms with Crippen molar-refractivity contribution >= 4 is 30.7 Å². The summed E-state index contributed by atoms with van der Waals surface area (Å²) in [5.74, 6) is 0.154. The van der Waals surface area contributed by atoms with Gasteiger partial charge in [0.2, 0.25) is 5.91 Å². The highest BCUT2D eigenvalue weighted by atomic mass is 35.5. The Bertz CT molecular complexity index is 493. The van der Waals surface area contributed by atoms with Crippen LogP contribution in [0.5, 0.6) is 0 Å². The molecule has 0 aliphatic carbocycles. The molecule has 0 aromatic heterocycles. The fraction of sp³-hybridized carbons (Fsp3) is 0.611. The maximum atomic E-state index is 12.0. The Hall–Kier alpha value is -0.810. The first-order chi connectivity index (χ1) is 10.6. The second-order valence-electron chi connectivity index (χ2n) is 6.43. The summed E-state index contributed by atoms with van der Waals surface area (Å²) >= 11 is 0. The summed E-state index contributed by atoms with van der Waals surface area (Å²) < 4.78 is 0. The molecule has 4 nitrogen and oxygen atoms in total. The van der Waals surface area contributed by atoms with Gasteiger partial charge in [0.15, 0.2) is 0 Å². The summed E-state index contributed by atoms with van der Waals surface area (Å²) in [5, 5.41) is 2.96. The molecule has 1 aromatic carbocycles. The minimum Gasteiger partial charge on any atom is -0.351 e. The first kappa shape index (κ1) is 23.2. The minimum atomic E-state index is -0.419. The Kier molecular flexibility index (Phi) is 11.3. The van der Waals surface area contributed by atoms with Gasteiger partial charge in [0.05, 0.1) is 6.04 Å². The molecular weight excluding hydrogens is 345 g/mol. The Morgan fingerprint density at radius 3 is 2.50 bits per heavy atom. The van der Waals surface area contributed by atoms with E-state index in [1.807, 2.05) is 6.92 Å². The molecule has 0 spiro atoms. The average molecular weight is 376 g/mol. The maximum Gasteiger partial charge on any atom is 0.237 e. The van der Waals surface area contributed by atoms with Crippen molar-refractivity contribution in [2.75, 3.05) is 13.1 Å². The molecule has 138 valence electrons. The van der Waals surface area contributed by atoms with Crippen LogP contribution >= 0.6 is 24.8 Å². The monoisotopic (exact) mass is 375 g/mol. The summed E-state index contributed by atoms with van der Waals surface area (Å²) in [7, 11) is 0. The lowest BCUT2D eigenvalue weighted by atomic mass is 9.99. The minimum absolute atomic E-state index is 0. The van der Waals surface area contributed by atoms with Gasteiger partial charge in [-0.25, -0.2) is 0 Å². The predicted molar refractivity (Wildman–Crippen MR) is 105 cm³/mol. The lowest BCUT2D eigenvalue weighted by Crippen LogP contribution is -2.44. The molecule has 0 bridgehead atoms. The molecule has 2 rings (SSSR count). The number of amides is 1. The van der Waals surface area contributed by atoms with Crippen LogP contribution in [0.2, 0.25) is 0 Å². The number of benzene rings is 1. The maximum absolute atomic E-state index is 12.0. The highest BCUT2D eigenvalue weighted by molar-refractivity contribution is 5.85. The van der Waals surface area contributed by atoms with E-state index in [1.165, 1.54) is 31.5 Å². The molecule has 1 heterocycles. The number of nitrogens with two attached hydrogens (primary N) is 1. The van der Waals surface area contributed by atoms with Gasteiger partial charge in [0, 0.05) is 13.1 Å². The smallest absolute Gasteiger partial charge is 0.237 e. The van der Waals surface area contributed by atoms with Crippen LogP contribution in [0.3, 0.4) is 0 Å². The molecule has 24 heavy (non-hydrogen) atoms. The van der Waals surface area contributed by atoms with E-state index in [0.717, 1.165) is 18.5 Å². The van der Waals surface area contributed by atoms with Crippen molar-refractivity contribution in [2.24, 2.45) is 11.7 Å². The Labute approximate surface area is 158 Å². The molecule has 1 aliphatic rings. The third kappa shape index (κ3) is 6.98. The van der Waals surface area contributed by atoms with Gasteiger partial charge in [0.25, 0.3) is 0 Å². The largest absolute Gasteiger partial charge is 0.351 e. The number of likely N-dealkylation sites (tertiary alicyclic amines) is 1. The summed E-state index contributed by atoms with van der Waals surface area (Å²) in [6, 6.07) is 8.06. The number of hydrogen-bond donors (Lipinski definition) is 2. The van der Waals surface area contributed by atoms with E-state index in [2.05, 4.69) is 41.4 Å². The van der Waals surface area contributed by atoms with Crippen LogP contribution in [0.15, 0.2) is 24.3 Å². The first-order valence-electron chi connectivity index (χ1n) is 8.43. The van der Waals surface area contributed by atoms with Crippen molar-refractivity contribution in [3.63, 3.8) is 0 Å². The molecule has 0 saturated carbocycles. The summed E-state index contributed by atoms with van der Waals surface area (Å²) in [5.41, 5.74) is 8.41. The van der Waals surface area contributed by atoms with Gasteiger partial charge in [0.1, 0.15) is 0 Å². The van der Waals surface area contributed by atoms with Crippen molar-refractivity contribution in [1.29, 1.82) is 0 Å². The third-order valence-electron chi connectivity index (χ3n) is 4.62. The van der Waals surface area contributed by atoms with Crippen LogP contribution < -0.4 is 11.1 Å². The van der Waals surface area contributed by atoms with Gasteiger partial charge >= 0.3 is 0 Å². The van der Waals surface area contributed by atoms with Crippen molar-refractivity contribution in [2.45, 2.75) is 52.2 Å². The standard InChI is InChI=1S/C18H29N3O.2ClH/c1-3-14(2)17(19)18(22)20-12-15-7-6-8-16(11-15)13-21-9-4-5-10-21;;/h6-8,11,14,17H,3-5,9-10,12-13,19H2,1-2H3,(H,20,22);2*1H. The van der Waals surface area contributed by atoms with Gasteiger partial charge in [-0.15, -0.1) is 24.8 Å². The van der Waals surface area contributed by atoms with Crippen LogP contribution in [0.1, 0.15) is 44.2 Å². The molecule has 1 aromatic rings. The van der Waals surface area contributed by atoms with E-state index in [1.54, 1.807) is 0 Å². The van der Waals surface area contributed by atoms with E-state index in [0.29, 0.717) is 6.54 Å². The SMILES string of the molecule is CCC(C)C(N)C(=O)NCc1cccc(CN2CCCC2)c1.Cl.Cl. The van der Waals surface area contributed by atoms with Crippen LogP contribution in [0.25, 0.3) is 0 Å². The molecule has 3 N–H and O–H groups in total. The zero-order valence-corrected chi connectivity index (χ0v) is 16.3. The molecule has 1 amide bonds. The van der Waals surface area contributed by atoms with E-state index in [9.17, 15) is 4.79 Å². The number of nitrogens with zero attached hydrogens (tertiary/aromatic N) is 1. The molecule has 2 unspecified atom stereocenters. The van der Waals surface area contributed by atoms with Crippen LogP contribution in [-0.4, -0.2) is 29.9 Å². The Morgan fingerprint density at radius 2 is 1.88 bits per heavy atom. The average Bonchev–Trinajstić information content (AvgIpc) is 3.04. The quantitative estimate of drug-likeness (QED) is 0.769. The van der Waals surface area contributed by atoms with Crippen molar-refractivity contribution in [3.05, 3.63) is 35.4 Å². The Balaban J connectivity index is 0.00000264. The van der Waals surface area contributed by atoms with E-state index in [-0.39, 0.29) is 36.6 Å². The summed E-state index contributed by atoms with van der Waals surface area (Å²) in [6.45, 7) is 8.03. The highest BCUT2D eigenvalue weighted by Gasteiger charge is 2.19. The number of nitrogens with one attached hydrogen (secondary N) is 1. The normalized spacial score (nSPS) is 16.6. The van der Waals surface area contributed by atoms with Gasteiger partial charge in [-0.1, -0.05) is 44.5 Å². The molecular formula is C18H31Cl2N3O. The molecule has 1 aliphatic heterocycles. The molecule has 2 atom stereocenters. The van der Waals surface area contributed by atoms with Crippen molar-refractivity contribution in [3.8, 4) is 0 Å². The van der Waals surface area contributed by atoms with Crippen LogP contribution in [-0.2, 0) is 17.9 Å². The van der Waals surface area contributed by atoms with E-state index in [4.69, 9.17) is 5.73 Å². The third-order valence-corrected chi connectivity index (χ3v) is 4.62. The number of carbonyl (C=O) groups is 1. The zero-order chi connectivity index (χ0) is 15.9. The Morgan fingerprint density at radius 1 is 1.25 bits per heavy atom. The molecule has 1 fully saturated rings. The highest BCUT2D eigenvalue weighted by Crippen LogP contribution is 2.14. The second kappa shape index (κ2) is 11.7.